The van der Waals surface area contributed by atoms with Gasteiger partial charge in [0.15, 0.2) is 5.76 Å². The van der Waals surface area contributed by atoms with E-state index in [-0.39, 0.29) is 5.91 Å². The van der Waals surface area contributed by atoms with Crippen molar-refractivity contribution in [1.29, 1.82) is 0 Å². The highest BCUT2D eigenvalue weighted by Crippen LogP contribution is 2.42. The van der Waals surface area contributed by atoms with Crippen LogP contribution in [0.25, 0.3) is 0 Å². The SMILES string of the molecule is Cc1noc(C)c1NC(=O)c1cccc(C2CC2NCC2CC2)c1.O=C(O)C(F)(F)F. The van der Waals surface area contributed by atoms with Crippen LogP contribution in [0.1, 0.15) is 52.6 Å². The second-order valence-corrected chi connectivity index (χ2v) is 7.88. The van der Waals surface area contributed by atoms with Gasteiger partial charge in [-0.2, -0.15) is 13.2 Å². The number of halogens is 3. The third kappa shape index (κ3) is 6.30. The Morgan fingerprint density at radius 2 is 1.94 bits per heavy atom. The number of rotatable bonds is 6. The Labute approximate surface area is 177 Å². The van der Waals surface area contributed by atoms with Crippen LogP contribution in [-0.2, 0) is 4.79 Å². The van der Waals surface area contributed by atoms with E-state index in [2.05, 4.69) is 21.9 Å². The molecule has 1 heterocycles. The molecule has 2 unspecified atom stereocenters. The van der Waals surface area contributed by atoms with Crippen LogP contribution in [-0.4, -0.2) is 40.9 Å². The van der Waals surface area contributed by atoms with E-state index in [0.717, 1.165) is 12.5 Å². The number of carbonyl (C=O) groups is 2. The van der Waals surface area contributed by atoms with Crippen molar-refractivity contribution in [2.45, 2.75) is 51.2 Å². The largest absolute Gasteiger partial charge is 0.490 e. The van der Waals surface area contributed by atoms with Crippen LogP contribution in [0, 0.1) is 19.8 Å². The number of aryl methyl sites for hydroxylation is 2. The van der Waals surface area contributed by atoms with Crippen molar-refractivity contribution >= 4 is 17.6 Å². The van der Waals surface area contributed by atoms with Crippen molar-refractivity contribution in [1.82, 2.24) is 10.5 Å². The number of hydrogen-bond acceptors (Lipinski definition) is 5. The first-order chi connectivity index (χ1) is 14.6. The fourth-order valence-electron chi connectivity index (χ4n) is 3.19. The van der Waals surface area contributed by atoms with E-state index >= 15 is 0 Å². The maximum absolute atomic E-state index is 12.5. The standard InChI is InChI=1S/C19H23N3O2.C2HF3O2/c1-11-18(12(2)24-22-11)21-19(23)15-5-3-4-14(8-15)16-9-17(16)20-10-13-6-7-13;3-2(4,5)1(6)7/h3-5,8,13,16-17,20H,6-7,9-10H2,1-2H3,(H,21,23);(H,6,7). The fourth-order valence-corrected chi connectivity index (χ4v) is 3.19. The zero-order valence-corrected chi connectivity index (χ0v) is 17.1. The Hall–Kier alpha value is -2.88. The molecule has 10 heteroatoms. The van der Waals surface area contributed by atoms with Gasteiger partial charge < -0.3 is 20.3 Å². The number of alkyl halides is 3. The van der Waals surface area contributed by atoms with Crippen molar-refractivity contribution in [3.05, 3.63) is 46.8 Å². The highest BCUT2D eigenvalue weighted by atomic mass is 19.4. The molecule has 0 aliphatic heterocycles. The monoisotopic (exact) mass is 439 g/mol. The molecule has 7 nitrogen and oxygen atoms in total. The molecular weight excluding hydrogens is 415 g/mol. The average Bonchev–Trinajstić information content (AvgIpc) is 3.62. The average molecular weight is 439 g/mol. The quantitative estimate of drug-likeness (QED) is 0.628. The molecular formula is C21H24F3N3O4. The zero-order valence-electron chi connectivity index (χ0n) is 17.1. The molecule has 3 N–H and O–H groups in total. The molecule has 0 radical (unpaired) electrons. The summed E-state index contributed by atoms with van der Waals surface area (Å²) in [6, 6.07) is 8.53. The van der Waals surface area contributed by atoms with Gasteiger partial charge in [-0.05, 0) is 63.3 Å². The second-order valence-electron chi connectivity index (χ2n) is 7.88. The van der Waals surface area contributed by atoms with Gasteiger partial charge in [-0.1, -0.05) is 17.3 Å². The van der Waals surface area contributed by atoms with Gasteiger partial charge in [0.2, 0.25) is 0 Å². The van der Waals surface area contributed by atoms with E-state index < -0.39 is 12.1 Å². The lowest BCUT2D eigenvalue weighted by Gasteiger charge is -2.07. The van der Waals surface area contributed by atoms with Crippen LogP contribution in [0.5, 0.6) is 0 Å². The Morgan fingerprint density at radius 3 is 2.48 bits per heavy atom. The number of aliphatic carboxylic acids is 1. The predicted molar refractivity (Wildman–Crippen MR) is 106 cm³/mol. The molecule has 168 valence electrons. The molecule has 2 fully saturated rings. The minimum Gasteiger partial charge on any atom is -0.475 e. The van der Waals surface area contributed by atoms with Crippen LogP contribution >= 0.6 is 0 Å². The molecule has 2 aliphatic rings. The Morgan fingerprint density at radius 1 is 1.26 bits per heavy atom. The number of carbonyl (C=O) groups excluding carboxylic acids is 1. The van der Waals surface area contributed by atoms with Gasteiger partial charge in [-0.3, -0.25) is 4.79 Å². The van der Waals surface area contributed by atoms with Crippen LogP contribution < -0.4 is 10.6 Å². The molecule has 4 rings (SSSR count). The topological polar surface area (TPSA) is 104 Å². The van der Waals surface area contributed by atoms with Crippen molar-refractivity contribution in [2.75, 3.05) is 11.9 Å². The Kier molecular flexibility index (Phi) is 6.68. The number of amides is 1. The van der Waals surface area contributed by atoms with Crippen LogP contribution in [0.2, 0.25) is 0 Å². The number of nitrogens with zero attached hydrogens (tertiary/aromatic N) is 1. The highest BCUT2D eigenvalue weighted by molar-refractivity contribution is 6.04. The Balaban J connectivity index is 0.000000339. The lowest BCUT2D eigenvalue weighted by Crippen LogP contribution is -2.21. The summed E-state index contributed by atoms with van der Waals surface area (Å²) < 4.78 is 36.8. The van der Waals surface area contributed by atoms with Gasteiger partial charge in [0.05, 0.1) is 0 Å². The molecule has 2 aliphatic carbocycles. The normalized spacial score (nSPS) is 19.9. The van der Waals surface area contributed by atoms with E-state index in [0.29, 0.717) is 34.7 Å². The van der Waals surface area contributed by atoms with Gasteiger partial charge in [0.25, 0.3) is 5.91 Å². The number of hydrogen-bond donors (Lipinski definition) is 3. The molecule has 1 aromatic heterocycles. The molecule has 0 saturated heterocycles. The summed E-state index contributed by atoms with van der Waals surface area (Å²) >= 11 is 0. The van der Waals surface area contributed by atoms with Crippen LogP contribution in [0.15, 0.2) is 28.8 Å². The van der Waals surface area contributed by atoms with E-state index in [1.54, 1.807) is 6.92 Å². The second kappa shape index (κ2) is 9.09. The molecule has 2 saturated carbocycles. The lowest BCUT2D eigenvalue weighted by molar-refractivity contribution is -0.192. The van der Waals surface area contributed by atoms with Gasteiger partial charge in [-0.15, -0.1) is 0 Å². The van der Waals surface area contributed by atoms with Gasteiger partial charge in [0.1, 0.15) is 11.4 Å². The number of carboxylic acid groups (broad SMARTS) is 1. The molecule has 31 heavy (non-hydrogen) atoms. The number of carboxylic acids is 1. The first-order valence-corrected chi connectivity index (χ1v) is 9.94. The first kappa shape index (κ1) is 22.8. The summed E-state index contributed by atoms with van der Waals surface area (Å²) in [6.07, 6.45) is -1.16. The van der Waals surface area contributed by atoms with E-state index in [9.17, 15) is 18.0 Å². The molecule has 1 aromatic carbocycles. The van der Waals surface area contributed by atoms with Crippen LogP contribution in [0.3, 0.4) is 0 Å². The van der Waals surface area contributed by atoms with E-state index in [4.69, 9.17) is 14.4 Å². The third-order valence-corrected chi connectivity index (χ3v) is 5.25. The smallest absolute Gasteiger partial charge is 0.475 e. The predicted octanol–water partition coefficient (Wildman–Crippen LogP) is 4.03. The van der Waals surface area contributed by atoms with Gasteiger partial charge in [-0.25, -0.2) is 4.79 Å². The number of aromatic nitrogens is 1. The van der Waals surface area contributed by atoms with Crippen molar-refractivity contribution in [2.24, 2.45) is 5.92 Å². The summed E-state index contributed by atoms with van der Waals surface area (Å²) in [5, 5.41) is 17.6. The van der Waals surface area contributed by atoms with Crippen molar-refractivity contribution < 1.29 is 32.4 Å². The summed E-state index contributed by atoms with van der Waals surface area (Å²) in [4.78, 5) is 21.4. The first-order valence-electron chi connectivity index (χ1n) is 9.94. The van der Waals surface area contributed by atoms with E-state index in [1.165, 1.54) is 24.8 Å². The van der Waals surface area contributed by atoms with Gasteiger partial charge in [0, 0.05) is 17.5 Å². The van der Waals surface area contributed by atoms with Crippen molar-refractivity contribution in [3.63, 3.8) is 0 Å². The summed E-state index contributed by atoms with van der Waals surface area (Å²) in [6.45, 7) is 4.77. The van der Waals surface area contributed by atoms with Crippen LogP contribution in [0.4, 0.5) is 18.9 Å². The third-order valence-electron chi connectivity index (χ3n) is 5.25. The molecule has 0 spiro atoms. The fraction of sp³-hybridized carbons (Fsp3) is 0.476. The Bertz CT molecular complexity index is 934. The lowest BCUT2D eigenvalue weighted by atomic mass is 10.1. The molecule has 2 atom stereocenters. The maximum atomic E-state index is 12.5. The molecule has 2 aromatic rings. The van der Waals surface area contributed by atoms with Crippen molar-refractivity contribution in [3.8, 4) is 0 Å². The number of anilines is 1. The number of nitrogens with one attached hydrogen (secondary N) is 2. The summed E-state index contributed by atoms with van der Waals surface area (Å²) in [5.74, 6) is -0.806. The van der Waals surface area contributed by atoms with E-state index in [1.807, 2.05) is 25.1 Å². The molecule has 1 amide bonds. The maximum Gasteiger partial charge on any atom is 0.490 e. The minimum absolute atomic E-state index is 0.116. The van der Waals surface area contributed by atoms with Gasteiger partial charge >= 0.3 is 12.1 Å². The summed E-state index contributed by atoms with van der Waals surface area (Å²) in [7, 11) is 0. The molecule has 0 bridgehead atoms. The number of benzene rings is 1. The summed E-state index contributed by atoms with van der Waals surface area (Å²) in [5.41, 5.74) is 3.29. The minimum atomic E-state index is -5.08. The zero-order chi connectivity index (χ0) is 22.8. The highest BCUT2D eigenvalue weighted by Gasteiger charge is 2.39.